The van der Waals surface area contributed by atoms with Gasteiger partial charge < -0.3 is 10.0 Å². The van der Waals surface area contributed by atoms with Crippen LogP contribution in [0.15, 0.2) is 18.2 Å². The fraction of sp³-hybridized carbons (Fsp3) is 0.650. The lowest BCUT2D eigenvalue weighted by molar-refractivity contribution is -0.133. The van der Waals surface area contributed by atoms with Gasteiger partial charge in [-0.1, -0.05) is 23.7 Å². The maximum atomic E-state index is 12.8. The minimum atomic E-state index is -0.225. The van der Waals surface area contributed by atoms with Crippen molar-refractivity contribution in [2.24, 2.45) is 11.8 Å². The summed E-state index contributed by atoms with van der Waals surface area (Å²) in [6.07, 6.45) is 5.56. The number of aliphatic hydroxyl groups excluding tert-OH is 1. The first-order valence-corrected chi connectivity index (χ1v) is 9.57. The van der Waals surface area contributed by atoms with Crippen LogP contribution in [0.2, 0.25) is 5.02 Å². The van der Waals surface area contributed by atoms with E-state index < -0.39 is 0 Å². The lowest BCUT2D eigenvalue weighted by Gasteiger charge is -2.35. The Morgan fingerprint density at radius 2 is 1.96 bits per heavy atom. The normalized spacial score (nSPS) is 29.1. The summed E-state index contributed by atoms with van der Waals surface area (Å²) < 4.78 is 0. The number of halogens is 1. The molecule has 1 aliphatic carbocycles. The second-order valence-electron chi connectivity index (χ2n) is 7.63. The molecule has 0 spiro atoms. The van der Waals surface area contributed by atoms with Crippen molar-refractivity contribution in [2.75, 3.05) is 6.54 Å². The SMILES string of the molecule is Cc1ccc(CC2CCN(C3CCC(C(C)O)CC3)C2=O)c(Cl)c1. The van der Waals surface area contributed by atoms with Crippen molar-refractivity contribution in [1.29, 1.82) is 0 Å². The fourth-order valence-electron chi connectivity index (χ4n) is 4.29. The van der Waals surface area contributed by atoms with E-state index in [-0.39, 0.29) is 12.0 Å². The predicted molar refractivity (Wildman–Crippen MR) is 97.1 cm³/mol. The molecule has 24 heavy (non-hydrogen) atoms. The highest BCUT2D eigenvalue weighted by molar-refractivity contribution is 6.31. The van der Waals surface area contributed by atoms with Crippen LogP contribution >= 0.6 is 11.6 Å². The van der Waals surface area contributed by atoms with Gasteiger partial charge in [-0.2, -0.15) is 0 Å². The molecular formula is C20H28ClNO2. The average molecular weight is 350 g/mol. The molecule has 1 saturated heterocycles. The summed E-state index contributed by atoms with van der Waals surface area (Å²) in [6, 6.07) is 6.47. The highest BCUT2D eigenvalue weighted by atomic mass is 35.5. The summed E-state index contributed by atoms with van der Waals surface area (Å²) in [4.78, 5) is 14.9. The average Bonchev–Trinajstić information content (AvgIpc) is 2.91. The highest BCUT2D eigenvalue weighted by Gasteiger charge is 2.37. The van der Waals surface area contributed by atoms with Crippen LogP contribution in [-0.4, -0.2) is 34.6 Å². The van der Waals surface area contributed by atoms with Gasteiger partial charge >= 0.3 is 0 Å². The van der Waals surface area contributed by atoms with E-state index in [0.29, 0.717) is 17.9 Å². The van der Waals surface area contributed by atoms with Crippen LogP contribution in [0.4, 0.5) is 0 Å². The van der Waals surface area contributed by atoms with Crippen LogP contribution in [-0.2, 0) is 11.2 Å². The van der Waals surface area contributed by atoms with Gasteiger partial charge in [-0.3, -0.25) is 4.79 Å². The summed E-state index contributed by atoms with van der Waals surface area (Å²) in [5.74, 6) is 0.771. The van der Waals surface area contributed by atoms with Crippen molar-refractivity contribution in [3.63, 3.8) is 0 Å². The second kappa shape index (κ2) is 7.45. The summed E-state index contributed by atoms with van der Waals surface area (Å²) >= 11 is 6.34. The third-order valence-electron chi connectivity index (χ3n) is 5.89. The van der Waals surface area contributed by atoms with E-state index >= 15 is 0 Å². The summed E-state index contributed by atoms with van der Waals surface area (Å²) in [7, 11) is 0. The van der Waals surface area contributed by atoms with E-state index in [9.17, 15) is 9.90 Å². The summed E-state index contributed by atoms with van der Waals surface area (Å²) in [5, 5.41) is 10.5. The van der Waals surface area contributed by atoms with Crippen molar-refractivity contribution >= 4 is 17.5 Å². The molecule has 0 radical (unpaired) electrons. The maximum Gasteiger partial charge on any atom is 0.226 e. The monoisotopic (exact) mass is 349 g/mol. The predicted octanol–water partition coefficient (Wildman–Crippen LogP) is 3.98. The number of nitrogens with zero attached hydrogens (tertiary/aromatic N) is 1. The van der Waals surface area contributed by atoms with E-state index in [1.54, 1.807) is 0 Å². The van der Waals surface area contributed by atoms with Gasteiger partial charge in [0.05, 0.1) is 6.10 Å². The van der Waals surface area contributed by atoms with Gasteiger partial charge in [0.2, 0.25) is 5.91 Å². The van der Waals surface area contributed by atoms with Crippen LogP contribution in [0.5, 0.6) is 0 Å². The zero-order valence-corrected chi connectivity index (χ0v) is 15.4. The smallest absolute Gasteiger partial charge is 0.226 e. The quantitative estimate of drug-likeness (QED) is 0.893. The Bertz CT molecular complexity index is 593. The molecule has 3 rings (SSSR count). The molecule has 0 bridgehead atoms. The van der Waals surface area contributed by atoms with E-state index in [4.69, 9.17) is 11.6 Å². The molecule has 1 heterocycles. The number of aryl methyl sites for hydroxylation is 1. The number of likely N-dealkylation sites (tertiary alicyclic amines) is 1. The van der Waals surface area contributed by atoms with Gasteiger partial charge in [-0.15, -0.1) is 0 Å². The number of hydrogen-bond acceptors (Lipinski definition) is 2. The van der Waals surface area contributed by atoms with Crippen molar-refractivity contribution in [3.05, 3.63) is 34.3 Å². The number of hydrogen-bond donors (Lipinski definition) is 1. The molecule has 2 aliphatic rings. The zero-order chi connectivity index (χ0) is 17.3. The summed E-state index contributed by atoms with van der Waals surface area (Å²) in [6.45, 7) is 4.78. The van der Waals surface area contributed by atoms with E-state index in [0.717, 1.165) is 61.2 Å². The van der Waals surface area contributed by atoms with Gasteiger partial charge in [0, 0.05) is 23.5 Å². The summed E-state index contributed by atoms with van der Waals surface area (Å²) in [5.41, 5.74) is 2.23. The standard InChI is InChI=1S/C20H28ClNO2/c1-13-3-4-16(19(21)11-13)12-17-9-10-22(20(17)24)18-7-5-15(6-8-18)14(2)23/h3-4,11,14-15,17-18,23H,5-10,12H2,1-2H3. The number of amides is 1. The minimum Gasteiger partial charge on any atom is -0.393 e. The Balaban J connectivity index is 1.59. The Labute approximate surface area is 150 Å². The molecule has 4 heteroatoms. The van der Waals surface area contributed by atoms with Gasteiger partial charge in [-0.25, -0.2) is 0 Å². The molecule has 1 saturated carbocycles. The molecule has 2 unspecified atom stereocenters. The first-order chi connectivity index (χ1) is 11.5. The van der Waals surface area contributed by atoms with E-state index in [2.05, 4.69) is 17.0 Å². The van der Waals surface area contributed by atoms with Crippen LogP contribution in [0, 0.1) is 18.8 Å². The molecule has 1 amide bonds. The fourth-order valence-corrected chi connectivity index (χ4v) is 4.61. The highest BCUT2D eigenvalue weighted by Crippen LogP contribution is 2.34. The Hall–Kier alpha value is -1.06. The van der Waals surface area contributed by atoms with Crippen LogP contribution in [0.25, 0.3) is 0 Å². The molecule has 2 atom stereocenters. The Morgan fingerprint density at radius 1 is 1.25 bits per heavy atom. The van der Waals surface area contributed by atoms with Crippen molar-refractivity contribution < 1.29 is 9.90 Å². The van der Waals surface area contributed by atoms with Gasteiger partial charge in [0.25, 0.3) is 0 Å². The molecule has 0 aromatic heterocycles. The number of rotatable bonds is 4. The van der Waals surface area contributed by atoms with Crippen LogP contribution in [0.3, 0.4) is 0 Å². The van der Waals surface area contributed by atoms with Crippen LogP contribution < -0.4 is 0 Å². The minimum absolute atomic E-state index is 0.0692. The molecule has 1 aromatic carbocycles. The molecule has 132 valence electrons. The second-order valence-corrected chi connectivity index (χ2v) is 8.03. The van der Waals surface area contributed by atoms with Gasteiger partial charge in [-0.05, 0) is 75.5 Å². The van der Waals surface area contributed by atoms with Crippen molar-refractivity contribution in [2.45, 2.75) is 64.5 Å². The van der Waals surface area contributed by atoms with Crippen molar-refractivity contribution in [1.82, 2.24) is 4.90 Å². The number of benzene rings is 1. The van der Waals surface area contributed by atoms with E-state index in [1.165, 1.54) is 0 Å². The third-order valence-corrected chi connectivity index (χ3v) is 6.24. The Kier molecular flexibility index (Phi) is 5.51. The largest absolute Gasteiger partial charge is 0.393 e. The first kappa shape index (κ1) is 17.8. The number of carbonyl (C=O) groups excluding carboxylic acids is 1. The topological polar surface area (TPSA) is 40.5 Å². The zero-order valence-electron chi connectivity index (χ0n) is 14.7. The van der Waals surface area contributed by atoms with Gasteiger partial charge in [0.15, 0.2) is 0 Å². The lowest BCUT2D eigenvalue weighted by atomic mass is 9.82. The molecule has 2 fully saturated rings. The molecule has 1 N–H and O–H groups in total. The lowest BCUT2D eigenvalue weighted by Crippen LogP contribution is -2.41. The van der Waals surface area contributed by atoms with Crippen LogP contribution in [0.1, 0.15) is 50.2 Å². The molecule has 3 nitrogen and oxygen atoms in total. The Morgan fingerprint density at radius 3 is 2.58 bits per heavy atom. The number of carbonyl (C=O) groups is 1. The molecular weight excluding hydrogens is 322 g/mol. The third kappa shape index (κ3) is 3.78. The van der Waals surface area contributed by atoms with Crippen molar-refractivity contribution in [3.8, 4) is 0 Å². The van der Waals surface area contributed by atoms with Gasteiger partial charge in [0.1, 0.15) is 0 Å². The molecule has 1 aromatic rings. The number of aliphatic hydroxyl groups is 1. The first-order valence-electron chi connectivity index (χ1n) is 9.19. The maximum absolute atomic E-state index is 12.8. The molecule has 1 aliphatic heterocycles. The van der Waals surface area contributed by atoms with E-state index in [1.807, 2.05) is 19.9 Å².